The zero-order chi connectivity index (χ0) is 17.0. The van der Waals surface area contributed by atoms with Gasteiger partial charge in [0, 0.05) is 22.6 Å². The molecule has 0 amide bonds. The summed E-state index contributed by atoms with van der Waals surface area (Å²) in [6, 6.07) is 5.72. The summed E-state index contributed by atoms with van der Waals surface area (Å²) in [5, 5.41) is 9.64. The lowest BCUT2D eigenvalue weighted by atomic mass is 9.85. The third kappa shape index (κ3) is 2.39. The number of nitrogens with zero attached hydrogens (tertiary/aromatic N) is 5. The number of rotatable bonds is 3. The van der Waals surface area contributed by atoms with Crippen LogP contribution in [0, 0.1) is 5.92 Å². The van der Waals surface area contributed by atoms with Crippen molar-refractivity contribution in [2.45, 2.75) is 25.8 Å². The monoisotopic (exact) mass is 398 g/mol. The van der Waals surface area contributed by atoms with E-state index in [0.29, 0.717) is 11.5 Å². The molecule has 1 saturated carbocycles. The van der Waals surface area contributed by atoms with E-state index in [9.17, 15) is 4.79 Å². The molecule has 5 rings (SSSR count). The largest absolute Gasteiger partial charge is 0.348 e. The molecule has 3 heterocycles. The van der Waals surface area contributed by atoms with Crippen LogP contribution in [0.1, 0.15) is 19.3 Å². The molecule has 1 N–H and O–H groups in total. The lowest BCUT2D eigenvalue weighted by molar-refractivity contribution is 0.266. The molecule has 4 aromatic rings. The van der Waals surface area contributed by atoms with Gasteiger partial charge in [0.1, 0.15) is 0 Å². The van der Waals surface area contributed by atoms with Gasteiger partial charge in [-0.3, -0.25) is 4.68 Å². The number of hydrogen-bond acceptors (Lipinski definition) is 4. The molecule has 1 aliphatic rings. The molecular weight excluding hydrogens is 384 g/mol. The van der Waals surface area contributed by atoms with E-state index in [2.05, 4.69) is 36.1 Å². The molecule has 0 unspecified atom stereocenters. The molecule has 0 radical (unpaired) electrons. The number of halogens is 1. The first-order valence-electron chi connectivity index (χ1n) is 8.29. The van der Waals surface area contributed by atoms with Crippen LogP contribution in [0.5, 0.6) is 0 Å². The van der Waals surface area contributed by atoms with Crippen LogP contribution < -0.4 is 5.69 Å². The summed E-state index contributed by atoms with van der Waals surface area (Å²) < 4.78 is 4.08. The van der Waals surface area contributed by atoms with Crippen molar-refractivity contribution in [1.82, 2.24) is 29.4 Å². The third-order valence-electron chi connectivity index (χ3n) is 4.85. The molecule has 7 nitrogen and oxygen atoms in total. The van der Waals surface area contributed by atoms with E-state index in [-0.39, 0.29) is 5.69 Å². The minimum absolute atomic E-state index is 0.310. The number of nitrogens with one attached hydrogen (secondary N) is 1. The molecule has 0 spiro atoms. The van der Waals surface area contributed by atoms with E-state index in [1.165, 1.54) is 23.8 Å². The molecule has 1 aromatic carbocycles. The van der Waals surface area contributed by atoms with Crippen molar-refractivity contribution in [2.75, 3.05) is 0 Å². The Morgan fingerprint density at radius 3 is 3.00 bits per heavy atom. The molecule has 0 atom stereocenters. The smallest absolute Gasteiger partial charge is 0.304 e. The average molecular weight is 399 g/mol. The van der Waals surface area contributed by atoms with Crippen molar-refractivity contribution in [2.24, 2.45) is 5.92 Å². The summed E-state index contributed by atoms with van der Waals surface area (Å²) >= 11 is 3.47. The van der Waals surface area contributed by atoms with Gasteiger partial charge >= 0.3 is 5.69 Å². The highest BCUT2D eigenvalue weighted by atomic mass is 79.9. The van der Waals surface area contributed by atoms with Crippen LogP contribution in [0.2, 0.25) is 0 Å². The second-order valence-electron chi connectivity index (χ2n) is 6.51. The number of aromatic amines is 1. The maximum absolute atomic E-state index is 12.3. The molecule has 0 aliphatic heterocycles. The highest BCUT2D eigenvalue weighted by Crippen LogP contribution is 2.28. The number of benzene rings is 1. The predicted molar refractivity (Wildman–Crippen MR) is 97.4 cm³/mol. The van der Waals surface area contributed by atoms with Crippen LogP contribution in [-0.2, 0) is 6.54 Å². The Hall–Kier alpha value is -2.48. The van der Waals surface area contributed by atoms with Gasteiger partial charge in [-0.2, -0.15) is 9.61 Å². The predicted octanol–water partition coefficient (Wildman–Crippen LogP) is 3.00. The minimum atomic E-state index is -0.310. The van der Waals surface area contributed by atoms with Crippen molar-refractivity contribution >= 4 is 32.5 Å². The lowest BCUT2D eigenvalue weighted by Crippen LogP contribution is -2.18. The number of fused-ring (bicyclic) bond motifs is 3. The Kier molecular flexibility index (Phi) is 3.27. The molecule has 0 saturated heterocycles. The summed E-state index contributed by atoms with van der Waals surface area (Å²) in [5.41, 5.74) is 1.78. The van der Waals surface area contributed by atoms with Crippen LogP contribution in [0.3, 0.4) is 0 Å². The fourth-order valence-corrected chi connectivity index (χ4v) is 3.73. The summed E-state index contributed by atoms with van der Waals surface area (Å²) in [4.78, 5) is 19.8. The van der Waals surface area contributed by atoms with E-state index in [4.69, 9.17) is 0 Å². The van der Waals surface area contributed by atoms with Crippen LogP contribution >= 0.6 is 15.9 Å². The lowest BCUT2D eigenvalue weighted by Gasteiger charge is -2.24. The van der Waals surface area contributed by atoms with Crippen molar-refractivity contribution < 1.29 is 0 Å². The Bertz CT molecular complexity index is 1150. The maximum Gasteiger partial charge on any atom is 0.348 e. The van der Waals surface area contributed by atoms with Crippen LogP contribution in [0.4, 0.5) is 0 Å². The SMILES string of the molecule is O=c1[nH]c2c(Br)cccc2c2nc(-c3cnn(CC4CCC4)c3)nn12. The first-order chi connectivity index (χ1) is 12.2. The van der Waals surface area contributed by atoms with Crippen molar-refractivity contribution in [3.05, 3.63) is 45.5 Å². The maximum atomic E-state index is 12.3. The van der Waals surface area contributed by atoms with Crippen LogP contribution in [-0.4, -0.2) is 29.4 Å². The number of aromatic nitrogens is 6. The van der Waals surface area contributed by atoms with E-state index >= 15 is 0 Å². The second kappa shape index (κ2) is 5.52. The van der Waals surface area contributed by atoms with Gasteiger partial charge in [0.25, 0.3) is 0 Å². The Morgan fingerprint density at radius 2 is 2.20 bits per heavy atom. The molecule has 1 fully saturated rings. The van der Waals surface area contributed by atoms with Gasteiger partial charge in [-0.25, -0.2) is 9.78 Å². The molecule has 25 heavy (non-hydrogen) atoms. The number of para-hydroxylation sites is 1. The van der Waals surface area contributed by atoms with Gasteiger partial charge in [-0.05, 0) is 46.8 Å². The fourth-order valence-electron chi connectivity index (χ4n) is 3.27. The Balaban J connectivity index is 1.62. The van der Waals surface area contributed by atoms with Gasteiger partial charge in [0.15, 0.2) is 11.5 Å². The fraction of sp³-hybridized carbons (Fsp3) is 0.294. The van der Waals surface area contributed by atoms with Gasteiger partial charge in [-0.1, -0.05) is 12.5 Å². The molecule has 1 aliphatic carbocycles. The van der Waals surface area contributed by atoms with E-state index < -0.39 is 0 Å². The highest BCUT2D eigenvalue weighted by Gasteiger charge is 2.19. The van der Waals surface area contributed by atoms with E-state index in [0.717, 1.165) is 33.4 Å². The van der Waals surface area contributed by atoms with Crippen molar-refractivity contribution in [3.8, 4) is 11.4 Å². The number of hydrogen-bond donors (Lipinski definition) is 1. The quantitative estimate of drug-likeness (QED) is 0.574. The first-order valence-corrected chi connectivity index (χ1v) is 9.08. The zero-order valence-electron chi connectivity index (χ0n) is 13.3. The van der Waals surface area contributed by atoms with Crippen molar-refractivity contribution in [3.63, 3.8) is 0 Å². The van der Waals surface area contributed by atoms with Gasteiger partial charge in [0.05, 0.1) is 17.3 Å². The van der Waals surface area contributed by atoms with Crippen molar-refractivity contribution in [1.29, 1.82) is 0 Å². The van der Waals surface area contributed by atoms with Gasteiger partial charge in [0.2, 0.25) is 0 Å². The van der Waals surface area contributed by atoms with E-state index in [1.54, 1.807) is 6.20 Å². The molecule has 0 bridgehead atoms. The standard InChI is InChI=1S/C17H15BrN6O/c18-13-6-2-5-12-14(13)20-17(25)24-16(12)21-15(22-24)11-7-19-23(9-11)8-10-3-1-4-10/h2,5-7,9-10H,1,3-4,8H2,(H,20,25). The molecule has 3 aromatic heterocycles. The van der Waals surface area contributed by atoms with Gasteiger partial charge < -0.3 is 4.98 Å². The van der Waals surface area contributed by atoms with Crippen LogP contribution in [0.25, 0.3) is 27.9 Å². The number of H-pyrrole nitrogens is 1. The van der Waals surface area contributed by atoms with Gasteiger partial charge in [-0.15, -0.1) is 5.10 Å². The molecule has 8 heteroatoms. The van der Waals surface area contributed by atoms with Crippen LogP contribution in [0.15, 0.2) is 39.9 Å². The molecular formula is C17H15BrN6O. The normalized spacial score (nSPS) is 15.1. The summed E-state index contributed by atoms with van der Waals surface area (Å²) in [6.45, 7) is 0.934. The minimum Gasteiger partial charge on any atom is -0.304 e. The summed E-state index contributed by atoms with van der Waals surface area (Å²) in [7, 11) is 0. The highest BCUT2D eigenvalue weighted by molar-refractivity contribution is 9.10. The average Bonchev–Trinajstić information content (AvgIpc) is 3.19. The Labute approximate surface area is 150 Å². The summed E-state index contributed by atoms with van der Waals surface area (Å²) in [6.07, 6.45) is 7.59. The summed E-state index contributed by atoms with van der Waals surface area (Å²) in [5.74, 6) is 1.24. The van der Waals surface area contributed by atoms with E-state index in [1.807, 2.05) is 29.1 Å². The zero-order valence-corrected chi connectivity index (χ0v) is 14.9. The topological polar surface area (TPSA) is 80.9 Å². The first kappa shape index (κ1) is 14.8. The Morgan fingerprint density at radius 1 is 1.32 bits per heavy atom. The third-order valence-corrected chi connectivity index (χ3v) is 5.51. The molecule has 126 valence electrons. The second-order valence-corrected chi connectivity index (χ2v) is 7.37.